The monoisotopic (exact) mass is 1000 g/mol. The van der Waals surface area contributed by atoms with Gasteiger partial charge in [0.05, 0.1) is 38.5 Å². The van der Waals surface area contributed by atoms with Crippen molar-refractivity contribution in [3.05, 3.63) is 133 Å². The minimum Gasteiger partial charge on any atom is -0.490 e. The molecule has 2 fully saturated rings. The van der Waals surface area contributed by atoms with Crippen molar-refractivity contribution >= 4 is 24.1 Å². The van der Waals surface area contributed by atoms with Crippen LogP contribution in [0.5, 0.6) is 11.5 Å². The second kappa shape index (κ2) is 28.6. The third-order valence-electron chi connectivity index (χ3n) is 13.7. The summed E-state index contributed by atoms with van der Waals surface area (Å²) in [7, 11) is 0. The highest BCUT2D eigenvalue weighted by molar-refractivity contribution is 5.87. The summed E-state index contributed by atoms with van der Waals surface area (Å²) in [5.74, 6) is 1.29. The third kappa shape index (κ3) is 18.4. The number of hydrogen-bond donors (Lipinski definition) is 2. The van der Waals surface area contributed by atoms with E-state index in [0.29, 0.717) is 23.3 Å². The van der Waals surface area contributed by atoms with Gasteiger partial charge in [-0.1, -0.05) is 112 Å². The average Bonchev–Trinajstić information content (AvgIpc) is 3.41. The lowest BCUT2D eigenvalue weighted by Gasteiger charge is -2.46. The number of benzene rings is 4. The molecule has 0 aliphatic heterocycles. The molecule has 2 aliphatic carbocycles. The van der Waals surface area contributed by atoms with Crippen molar-refractivity contribution in [2.75, 3.05) is 52.7 Å². The second-order valence-electron chi connectivity index (χ2n) is 19.6. The maximum Gasteiger partial charge on any atom is 0.407 e. The van der Waals surface area contributed by atoms with Crippen molar-refractivity contribution in [1.29, 1.82) is 0 Å². The Morgan fingerprint density at radius 2 is 0.849 bits per heavy atom. The molecule has 4 aromatic carbocycles. The molecule has 4 aromatic rings. The predicted octanol–water partition coefficient (Wildman–Crippen LogP) is 11.1. The highest BCUT2D eigenvalue weighted by Gasteiger charge is 2.41. The molecule has 0 bridgehead atoms. The first-order valence-electron chi connectivity index (χ1n) is 25.6. The van der Waals surface area contributed by atoms with E-state index in [4.69, 9.17) is 37.9 Å². The summed E-state index contributed by atoms with van der Waals surface area (Å²) in [6.45, 7) is 15.7. The predicted molar refractivity (Wildman–Crippen MR) is 280 cm³/mol. The maximum absolute atomic E-state index is 12.9. The van der Waals surface area contributed by atoms with Crippen molar-refractivity contribution in [2.24, 2.45) is 17.3 Å². The Labute approximate surface area is 431 Å². The molecule has 2 N–H and O–H groups in total. The van der Waals surface area contributed by atoms with Gasteiger partial charge in [-0.3, -0.25) is 0 Å². The van der Waals surface area contributed by atoms with Gasteiger partial charge in [0, 0.05) is 11.1 Å². The molecule has 0 spiro atoms. The molecule has 2 atom stereocenters. The Morgan fingerprint density at radius 3 is 1.19 bits per heavy atom. The number of nitrogens with one attached hydrogen (secondary N) is 2. The zero-order valence-corrected chi connectivity index (χ0v) is 43.0. The van der Waals surface area contributed by atoms with Crippen LogP contribution in [0.3, 0.4) is 0 Å². The largest absolute Gasteiger partial charge is 0.490 e. The highest BCUT2D eigenvalue weighted by atomic mass is 16.6. The van der Waals surface area contributed by atoms with E-state index in [2.05, 4.69) is 61.9 Å². The smallest absolute Gasteiger partial charge is 0.407 e. The molecule has 0 aromatic heterocycles. The van der Waals surface area contributed by atoms with Crippen LogP contribution >= 0.6 is 0 Å². The molecule has 0 radical (unpaired) electrons. The lowest BCUT2D eigenvalue weighted by atomic mass is 9.60. The van der Waals surface area contributed by atoms with Crippen LogP contribution in [0, 0.1) is 17.3 Å². The molecule has 14 nitrogen and oxygen atoms in total. The summed E-state index contributed by atoms with van der Waals surface area (Å²) < 4.78 is 46.9. The van der Waals surface area contributed by atoms with Crippen LogP contribution < -0.4 is 20.1 Å². The molecule has 0 saturated heterocycles. The van der Waals surface area contributed by atoms with E-state index in [9.17, 15) is 19.2 Å². The first kappa shape index (κ1) is 55.7. The second-order valence-corrected chi connectivity index (χ2v) is 19.6. The van der Waals surface area contributed by atoms with Crippen molar-refractivity contribution in [1.82, 2.24) is 10.6 Å². The van der Waals surface area contributed by atoms with Gasteiger partial charge in [0.25, 0.3) is 0 Å². The Kier molecular flexibility index (Phi) is 21.8. The Hall–Kier alpha value is -6.64. The van der Waals surface area contributed by atoms with Crippen molar-refractivity contribution in [2.45, 2.75) is 103 Å². The minimum absolute atomic E-state index is 0.0120. The molecule has 73 heavy (non-hydrogen) atoms. The van der Waals surface area contributed by atoms with Gasteiger partial charge < -0.3 is 48.5 Å². The van der Waals surface area contributed by atoms with E-state index in [1.165, 1.54) is 0 Å². The van der Waals surface area contributed by atoms with Crippen LogP contribution in [-0.4, -0.2) is 101 Å². The van der Waals surface area contributed by atoms with Crippen LogP contribution in [-0.2, 0) is 38.0 Å². The SMILES string of the molecule is C=C(C)C(=O)OCCNC(=O)OC(COc1ccc(-c2ccccc2)cc1)COC1CCC(C(C)(C)C2CCC(OCC(COc3ccc(-c4ccccc4)cc3)OC(=O)NCCOC(=O)C(=C)C)CC2)CC1. The van der Waals surface area contributed by atoms with Crippen molar-refractivity contribution in [3.63, 3.8) is 0 Å². The van der Waals surface area contributed by atoms with Crippen LogP contribution in [0.25, 0.3) is 22.3 Å². The quantitative estimate of drug-likeness (QED) is 0.0265. The summed E-state index contributed by atoms with van der Waals surface area (Å²) in [5.41, 5.74) is 5.00. The molecule has 392 valence electrons. The summed E-state index contributed by atoms with van der Waals surface area (Å²) in [6.07, 6.45) is 5.05. The lowest BCUT2D eigenvalue weighted by Crippen LogP contribution is -2.41. The minimum atomic E-state index is -0.688. The molecular formula is C59H74N2O12. The van der Waals surface area contributed by atoms with Crippen molar-refractivity contribution in [3.8, 4) is 33.8 Å². The number of esters is 2. The molecule has 2 unspecified atom stereocenters. The van der Waals surface area contributed by atoms with Gasteiger partial charge >= 0.3 is 24.1 Å². The van der Waals surface area contributed by atoms with Crippen LogP contribution in [0.2, 0.25) is 0 Å². The molecule has 2 saturated carbocycles. The number of amides is 2. The van der Waals surface area contributed by atoms with Crippen LogP contribution in [0.1, 0.15) is 79.1 Å². The Bertz CT molecular complexity index is 2190. The standard InChI is InChI=1S/C59H74N2O12/c1-41(2)55(62)66-35-33-60-57(64)72-53(37-68-49-25-17-45(18-26-49)43-13-9-7-10-14-43)39-70-51-29-21-47(22-30-51)59(5,6)48-23-31-52(32-24-48)71-40-54(73-58(65)61-34-36-67-56(63)42(3)4)38-69-50-27-19-46(20-28-50)44-15-11-8-12-16-44/h7-20,25-28,47-48,51-54H,1,3,21-24,29-40H2,2,4-6H3,(H,60,64)(H,61,65). The van der Waals surface area contributed by atoms with Gasteiger partial charge in [-0.2, -0.15) is 0 Å². The van der Waals surface area contributed by atoms with Gasteiger partial charge in [0.2, 0.25) is 0 Å². The summed E-state index contributed by atoms with van der Waals surface area (Å²) in [5, 5.41) is 5.29. The Balaban J connectivity index is 0.953. The third-order valence-corrected chi connectivity index (χ3v) is 13.7. The van der Waals surface area contributed by atoms with E-state index < -0.39 is 36.3 Å². The molecule has 6 rings (SSSR count). The maximum atomic E-state index is 12.9. The number of ether oxygens (including phenoxy) is 8. The fraction of sp³-hybridized carbons (Fsp3) is 0.458. The first-order valence-corrected chi connectivity index (χ1v) is 25.6. The number of rotatable bonds is 26. The normalized spacial score (nSPS) is 18.5. The first-order chi connectivity index (χ1) is 35.2. The molecule has 2 aliphatic rings. The topological polar surface area (TPSA) is 166 Å². The van der Waals surface area contributed by atoms with Gasteiger partial charge in [-0.15, -0.1) is 0 Å². The van der Waals surface area contributed by atoms with Crippen LogP contribution in [0.15, 0.2) is 133 Å². The zero-order valence-electron chi connectivity index (χ0n) is 43.0. The van der Waals surface area contributed by atoms with E-state index in [1.807, 2.05) is 84.9 Å². The average molecular weight is 1000 g/mol. The van der Waals surface area contributed by atoms with E-state index in [1.54, 1.807) is 13.8 Å². The van der Waals surface area contributed by atoms with E-state index >= 15 is 0 Å². The number of carbonyl (C=O) groups is 4. The Morgan fingerprint density at radius 1 is 0.507 bits per heavy atom. The van der Waals surface area contributed by atoms with E-state index in [-0.39, 0.29) is 81.5 Å². The summed E-state index contributed by atoms with van der Waals surface area (Å²) >= 11 is 0. The fourth-order valence-electron chi connectivity index (χ4n) is 9.35. The zero-order chi connectivity index (χ0) is 52.0. The molecular weight excluding hydrogens is 929 g/mol. The number of hydrogen-bond acceptors (Lipinski definition) is 12. The summed E-state index contributed by atoms with van der Waals surface area (Å²) in [4.78, 5) is 49.2. The number of alkyl carbamates (subject to hydrolysis) is 2. The molecule has 14 heteroatoms. The lowest BCUT2D eigenvalue weighted by molar-refractivity contribution is -0.139. The number of carbonyl (C=O) groups excluding carboxylic acids is 4. The van der Waals surface area contributed by atoms with E-state index in [0.717, 1.165) is 73.6 Å². The molecule has 0 heterocycles. The van der Waals surface area contributed by atoms with Crippen molar-refractivity contribution < 1.29 is 57.1 Å². The summed E-state index contributed by atoms with van der Waals surface area (Å²) in [6, 6.07) is 35.7. The van der Waals surface area contributed by atoms with Gasteiger partial charge in [-0.05, 0) is 129 Å². The van der Waals surface area contributed by atoms with Gasteiger partial charge in [-0.25, -0.2) is 19.2 Å². The fourth-order valence-corrected chi connectivity index (χ4v) is 9.35. The molecule has 2 amide bonds. The van der Waals surface area contributed by atoms with Gasteiger partial charge in [0.15, 0.2) is 12.2 Å². The highest BCUT2D eigenvalue weighted by Crippen LogP contribution is 2.49. The van der Waals surface area contributed by atoms with Crippen LogP contribution in [0.4, 0.5) is 9.59 Å². The van der Waals surface area contributed by atoms with Gasteiger partial charge in [0.1, 0.15) is 37.9 Å².